The lowest BCUT2D eigenvalue weighted by Gasteiger charge is -2.57. The van der Waals surface area contributed by atoms with Crippen molar-refractivity contribution in [3.05, 3.63) is 186 Å². The quantitative estimate of drug-likeness (QED) is 0.156. The highest BCUT2D eigenvalue weighted by atomic mass is 32.1. The van der Waals surface area contributed by atoms with Gasteiger partial charge in [-0.1, -0.05) is 137 Å². The molecule has 7 aliphatic carbocycles. The van der Waals surface area contributed by atoms with Gasteiger partial charge in [0.05, 0.1) is 11.0 Å². The predicted octanol–water partition coefficient (Wildman–Crippen LogP) is 18.8. The van der Waals surface area contributed by atoms with E-state index in [2.05, 4.69) is 194 Å². The molecule has 6 fully saturated rings. The summed E-state index contributed by atoms with van der Waals surface area (Å²) in [5.41, 5.74) is 24.4. The van der Waals surface area contributed by atoms with Crippen molar-refractivity contribution >= 4 is 93.2 Å². The van der Waals surface area contributed by atoms with E-state index in [0.717, 1.165) is 29.6 Å². The van der Waals surface area contributed by atoms with Gasteiger partial charge >= 0.3 is 6.85 Å². The summed E-state index contributed by atoms with van der Waals surface area (Å²) in [7, 11) is 0. The van der Waals surface area contributed by atoms with E-state index in [1.165, 1.54) is 202 Å². The second-order valence-electron chi connectivity index (χ2n) is 27.4. The van der Waals surface area contributed by atoms with Crippen molar-refractivity contribution in [2.75, 3.05) is 4.81 Å². The Morgan fingerprint density at radius 2 is 1.23 bits per heavy atom. The van der Waals surface area contributed by atoms with E-state index >= 15 is 0 Å². The lowest BCUT2D eigenvalue weighted by molar-refractivity contribution is -0.00509. The third kappa shape index (κ3) is 5.89. The molecule has 11 aromatic rings. The number of hydrogen-bond donors (Lipinski definition) is 0. The minimum atomic E-state index is -0.240. The molecule has 2 nitrogen and oxygen atoms in total. The highest BCUT2D eigenvalue weighted by molar-refractivity contribution is 7.26. The highest BCUT2D eigenvalue weighted by Gasteiger charge is 2.54. The van der Waals surface area contributed by atoms with Crippen molar-refractivity contribution in [2.45, 2.75) is 114 Å². The number of thiophene rings is 1. The molecule has 0 radical (unpaired) electrons. The number of anilines is 2. The van der Waals surface area contributed by atoms with E-state index < -0.39 is 0 Å². The molecule has 2 unspecified atom stereocenters. The fourth-order valence-electron chi connectivity index (χ4n) is 20.2. The van der Waals surface area contributed by atoms with Crippen molar-refractivity contribution in [1.29, 1.82) is 0 Å². The van der Waals surface area contributed by atoms with Crippen LogP contribution in [0.3, 0.4) is 0 Å². The molecule has 6 saturated carbocycles. The van der Waals surface area contributed by atoms with Crippen LogP contribution in [0.5, 0.6) is 0 Å². The zero-order valence-electron chi connectivity index (χ0n) is 45.8. The van der Waals surface area contributed by atoms with Crippen LogP contribution in [0, 0.1) is 29.6 Å². The minimum Gasteiger partial charge on any atom is -0.376 e. The van der Waals surface area contributed by atoms with E-state index in [-0.39, 0.29) is 23.1 Å². The second-order valence-corrected chi connectivity index (χ2v) is 28.5. The molecule has 9 aliphatic rings. The van der Waals surface area contributed by atoms with Gasteiger partial charge in [-0.2, -0.15) is 0 Å². The van der Waals surface area contributed by atoms with Gasteiger partial charge in [0.25, 0.3) is 0 Å². The van der Waals surface area contributed by atoms with Gasteiger partial charge in [-0.15, -0.1) is 11.3 Å². The molecule has 9 aromatic carbocycles. The fraction of sp³-hybridized carbons (Fsp3) is 0.307. The third-order valence-electron chi connectivity index (χ3n) is 23.0. The summed E-state index contributed by atoms with van der Waals surface area (Å²) in [6.45, 7) is 7.53. The van der Waals surface area contributed by atoms with E-state index in [1.54, 1.807) is 11.1 Å². The Morgan fingerprint density at radius 1 is 0.544 bits per heavy atom. The molecule has 0 spiro atoms. The first-order chi connectivity index (χ1) is 38.7. The molecule has 0 N–H and O–H groups in total. The first kappa shape index (κ1) is 44.9. The summed E-state index contributed by atoms with van der Waals surface area (Å²) < 4.78 is 5.56. The summed E-state index contributed by atoms with van der Waals surface area (Å²) in [5.74, 6) is 4.31. The van der Waals surface area contributed by atoms with Gasteiger partial charge in [0.15, 0.2) is 0 Å². The minimum absolute atomic E-state index is 0.0586. The van der Waals surface area contributed by atoms with Crippen molar-refractivity contribution in [2.24, 2.45) is 29.6 Å². The van der Waals surface area contributed by atoms with Crippen LogP contribution in [0.25, 0.3) is 91.8 Å². The maximum Gasteiger partial charge on any atom is 0.333 e. The zero-order valence-corrected chi connectivity index (χ0v) is 46.7. The average molecular weight is 1040 g/mol. The molecule has 4 heterocycles. The number of rotatable bonds is 5. The van der Waals surface area contributed by atoms with E-state index in [9.17, 15) is 0 Å². The van der Waals surface area contributed by atoms with Crippen LogP contribution < -0.4 is 15.7 Å². The first-order valence-corrected chi connectivity index (χ1v) is 31.3. The Kier molecular flexibility index (Phi) is 8.82. The molecule has 4 heteroatoms. The molecule has 2 aromatic heterocycles. The van der Waals surface area contributed by atoms with Crippen LogP contribution in [0.2, 0.25) is 0 Å². The van der Waals surface area contributed by atoms with Crippen molar-refractivity contribution in [3.63, 3.8) is 0 Å². The zero-order chi connectivity index (χ0) is 51.8. The molecule has 0 amide bonds. The number of aromatic nitrogens is 1. The maximum absolute atomic E-state index is 2.86. The summed E-state index contributed by atoms with van der Waals surface area (Å²) in [6.07, 6.45) is 16.6. The Morgan fingerprint density at radius 3 is 1.99 bits per heavy atom. The number of nitrogens with zero attached hydrogens (tertiary/aromatic N) is 2. The van der Waals surface area contributed by atoms with E-state index in [0.29, 0.717) is 0 Å². The Balaban J connectivity index is 0.975. The van der Waals surface area contributed by atoms with Gasteiger partial charge in [0.2, 0.25) is 0 Å². The largest absolute Gasteiger partial charge is 0.376 e. The van der Waals surface area contributed by atoms with E-state index in [1.807, 2.05) is 11.3 Å². The van der Waals surface area contributed by atoms with Crippen LogP contribution in [0.4, 0.5) is 11.4 Å². The molecule has 79 heavy (non-hydrogen) atoms. The van der Waals surface area contributed by atoms with Crippen molar-refractivity contribution in [3.8, 4) is 39.1 Å². The predicted molar refractivity (Wildman–Crippen MR) is 335 cm³/mol. The van der Waals surface area contributed by atoms with Gasteiger partial charge in [-0.25, -0.2) is 0 Å². The van der Waals surface area contributed by atoms with Crippen molar-refractivity contribution < 1.29 is 0 Å². The van der Waals surface area contributed by atoms with Crippen LogP contribution in [-0.4, -0.2) is 11.4 Å². The molecule has 0 saturated heterocycles. The molecule has 384 valence electrons. The monoisotopic (exact) mass is 1040 g/mol. The van der Waals surface area contributed by atoms with Crippen LogP contribution in [0.15, 0.2) is 164 Å². The van der Waals surface area contributed by atoms with Crippen LogP contribution >= 0.6 is 11.3 Å². The van der Waals surface area contributed by atoms with Crippen LogP contribution in [-0.2, 0) is 16.2 Å². The van der Waals surface area contributed by atoms with Gasteiger partial charge in [0.1, 0.15) is 0 Å². The fourth-order valence-corrected chi connectivity index (χ4v) is 21.3. The van der Waals surface area contributed by atoms with Gasteiger partial charge in [0, 0.05) is 59.0 Å². The molecular weight excluding hydrogens is 972 g/mol. The number of hydrogen-bond acceptors (Lipinski definition) is 2. The smallest absolute Gasteiger partial charge is 0.333 e. The normalized spacial score (nSPS) is 26.2. The summed E-state index contributed by atoms with van der Waals surface area (Å²) in [5, 5.41) is 8.37. The van der Waals surface area contributed by atoms with Gasteiger partial charge in [-0.3, -0.25) is 0 Å². The summed E-state index contributed by atoms with van der Waals surface area (Å²) in [4.78, 5) is 2.86. The number of fused-ring (bicyclic) bond motifs is 18. The highest BCUT2D eigenvalue weighted by Crippen LogP contribution is 2.63. The Labute approximate surface area is 468 Å². The third-order valence-corrected chi connectivity index (χ3v) is 24.1. The molecule has 2 atom stereocenters. The standard InChI is InChI=1S/C75H65BN2S/c1-4-74(38-43-18-19-44(28-43)39-74)52-22-25-62-56(34-52)58-35-53(75-40-45-29-46(41-75)31-47(30-45)42-75)36-61-72(58)77(62)64-37-57-55-16-10-11-17-60(55)73(2,3)70(57)69-68-63(26-27-65-67(68)59-32-50-14-8-9-15-51(50)33-66(59)79-65)78(76(61)71(64)69)54-23-20-49(21-24-54)48-12-6-5-7-13-48/h5-17,20-27,32-37,43-47H,4,18-19,28-31,38-42H2,1-3H3. The average Bonchev–Trinajstić information content (AvgIpc) is 2.71. The molecular formula is C75H65BN2S. The van der Waals surface area contributed by atoms with Crippen molar-refractivity contribution in [1.82, 2.24) is 4.57 Å². The van der Waals surface area contributed by atoms with Crippen LogP contribution in [0.1, 0.15) is 120 Å². The maximum atomic E-state index is 2.86. The Hall–Kier alpha value is -6.88. The lowest BCUT2D eigenvalue weighted by atomic mass is 9.42. The second kappa shape index (κ2) is 15.5. The molecule has 2 aliphatic heterocycles. The summed E-state index contributed by atoms with van der Waals surface area (Å²) >= 11 is 1.98. The Bertz CT molecular complexity index is 4450. The van der Waals surface area contributed by atoms with Gasteiger partial charge < -0.3 is 9.38 Å². The lowest BCUT2D eigenvalue weighted by Crippen LogP contribution is -2.61. The topological polar surface area (TPSA) is 8.17 Å². The molecule has 6 bridgehead atoms. The van der Waals surface area contributed by atoms with E-state index in [4.69, 9.17) is 0 Å². The molecule has 20 rings (SSSR count). The number of benzene rings is 9. The SMILES string of the molecule is CCC1(c2ccc3c(c2)c2cc(C45CC6CC(CC(C6)C4)C5)cc4c2n3-c2cc3c(c5c2B4N(c2ccc(-c4ccccc4)cc2)c2ccc4sc6cc7ccccc7cc6c4c2-5)C(C)(C)c2ccccc2-3)CC2CCC(C2)C1. The van der Waals surface area contributed by atoms with Gasteiger partial charge in [-0.05, 0) is 237 Å². The first-order valence-electron chi connectivity index (χ1n) is 30.5. The summed E-state index contributed by atoms with van der Waals surface area (Å²) in [6, 6.07) is 65.6.